The van der Waals surface area contributed by atoms with E-state index in [-0.39, 0.29) is 18.4 Å². The van der Waals surface area contributed by atoms with Crippen LogP contribution in [0.25, 0.3) is 0 Å². The topological polar surface area (TPSA) is 79.8 Å². The van der Waals surface area contributed by atoms with Crippen molar-refractivity contribution in [3.8, 4) is 5.75 Å². The predicted molar refractivity (Wildman–Crippen MR) is 122 cm³/mol. The van der Waals surface area contributed by atoms with Gasteiger partial charge in [0.2, 0.25) is 0 Å². The van der Waals surface area contributed by atoms with Gasteiger partial charge in [-0.2, -0.15) is 5.10 Å². The molecule has 0 saturated carbocycles. The lowest BCUT2D eigenvalue weighted by Crippen LogP contribution is -2.30. The molecule has 31 heavy (non-hydrogen) atoms. The van der Waals surface area contributed by atoms with E-state index in [1.807, 2.05) is 30.3 Å². The molecule has 7 heteroatoms. The van der Waals surface area contributed by atoms with E-state index in [2.05, 4.69) is 15.8 Å². The van der Waals surface area contributed by atoms with Crippen LogP contribution in [0, 0.1) is 0 Å². The maximum Gasteiger partial charge on any atom is 0.271 e. The number of ether oxygens (including phenoxy) is 1. The van der Waals surface area contributed by atoms with Gasteiger partial charge < -0.3 is 10.1 Å². The number of halogens is 1. The Bertz CT molecular complexity index is 1020. The quantitative estimate of drug-likeness (QED) is 0.396. The minimum Gasteiger partial charge on any atom is -0.484 e. The van der Waals surface area contributed by atoms with Gasteiger partial charge in [0.25, 0.3) is 11.8 Å². The summed E-state index contributed by atoms with van der Waals surface area (Å²) in [6.07, 6.45) is 2.29. The summed E-state index contributed by atoms with van der Waals surface area (Å²) >= 11 is 5.80. The number of hydrogen-bond donors (Lipinski definition) is 2. The highest BCUT2D eigenvalue weighted by atomic mass is 35.5. The molecule has 0 atom stereocenters. The maximum absolute atomic E-state index is 12.0. The van der Waals surface area contributed by atoms with Gasteiger partial charge in [-0.15, -0.1) is 0 Å². The predicted octanol–water partition coefficient (Wildman–Crippen LogP) is 3.84. The minimum absolute atomic E-state index is 0.0562. The van der Waals surface area contributed by atoms with Gasteiger partial charge in [0.1, 0.15) is 5.75 Å². The van der Waals surface area contributed by atoms with Crippen molar-refractivity contribution in [2.75, 3.05) is 13.2 Å². The van der Waals surface area contributed by atoms with Gasteiger partial charge in [-0.3, -0.25) is 9.59 Å². The van der Waals surface area contributed by atoms with Crippen LogP contribution in [0.5, 0.6) is 5.75 Å². The normalized spacial score (nSPS) is 10.6. The summed E-state index contributed by atoms with van der Waals surface area (Å²) in [5.74, 6) is 0.0678. The Hall–Kier alpha value is -3.64. The molecule has 0 aromatic heterocycles. The SMILES string of the molecule is O=C(COc1ccc(/C=N/NC(=O)c2ccc(Cl)cc2)cc1)NCCc1ccccc1. The molecule has 0 unspecified atom stereocenters. The first kappa shape index (κ1) is 22.1. The zero-order chi connectivity index (χ0) is 21.9. The Morgan fingerprint density at radius 2 is 1.65 bits per heavy atom. The van der Waals surface area contributed by atoms with Gasteiger partial charge in [-0.25, -0.2) is 5.43 Å². The number of nitrogens with one attached hydrogen (secondary N) is 2. The molecule has 0 heterocycles. The molecule has 0 aliphatic carbocycles. The summed E-state index contributed by atoms with van der Waals surface area (Å²) in [6.45, 7) is 0.503. The summed E-state index contributed by atoms with van der Waals surface area (Å²) in [4.78, 5) is 23.9. The number of hydrazone groups is 1. The monoisotopic (exact) mass is 435 g/mol. The largest absolute Gasteiger partial charge is 0.484 e. The molecule has 3 aromatic rings. The fraction of sp³-hybridized carbons (Fsp3) is 0.125. The standard InChI is InChI=1S/C24H22ClN3O3/c25-21-10-8-20(9-11-21)24(30)28-27-16-19-6-12-22(13-7-19)31-17-23(29)26-15-14-18-4-2-1-3-5-18/h1-13,16H,14-15,17H2,(H,26,29)(H,28,30)/b27-16+. The lowest BCUT2D eigenvalue weighted by Gasteiger charge is -2.08. The first-order chi connectivity index (χ1) is 15.1. The summed E-state index contributed by atoms with van der Waals surface area (Å²) in [5, 5.41) is 7.34. The Morgan fingerprint density at radius 1 is 0.935 bits per heavy atom. The summed E-state index contributed by atoms with van der Waals surface area (Å²) in [7, 11) is 0. The zero-order valence-electron chi connectivity index (χ0n) is 16.8. The molecule has 3 aromatic carbocycles. The molecule has 2 amide bonds. The lowest BCUT2D eigenvalue weighted by atomic mass is 10.1. The summed E-state index contributed by atoms with van der Waals surface area (Å²) in [6, 6.07) is 23.5. The molecule has 0 spiro atoms. The second-order valence-electron chi connectivity index (χ2n) is 6.65. The Labute approximate surface area is 185 Å². The van der Waals surface area contributed by atoms with Gasteiger partial charge in [0, 0.05) is 17.1 Å². The van der Waals surface area contributed by atoms with Gasteiger partial charge in [-0.1, -0.05) is 41.9 Å². The van der Waals surface area contributed by atoms with Gasteiger partial charge >= 0.3 is 0 Å². The van der Waals surface area contributed by atoms with Crippen molar-refractivity contribution in [2.24, 2.45) is 5.10 Å². The van der Waals surface area contributed by atoms with Crippen LogP contribution in [0.1, 0.15) is 21.5 Å². The number of hydrogen-bond acceptors (Lipinski definition) is 4. The van der Waals surface area contributed by atoms with E-state index in [1.54, 1.807) is 48.5 Å². The zero-order valence-corrected chi connectivity index (χ0v) is 17.5. The Kier molecular flexibility index (Phi) is 8.20. The fourth-order valence-corrected chi connectivity index (χ4v) is 2.80. The Morgan fingerprint density at radius 3 is 2.35 bits per heavy atom. The maximum atomic E-state index is 12.0. The van der Waals surface area contributed by atoms with Crippen molar-refractivity contribution in [3.63, 3.8) is 0 Å². The first-order valence-electron chi connectivity index (χ1n) is 9.72. The third-order valence-electron chi connectivity index (χ3n) is 4.31. The second kappa shape index (κ2) is 11.5. The van der Waals surface area contributed by atoms with E-state index in [9.17, 15) is 9.59 Å². The van der Waals surface area contributed by atoms with Crippen molar-refractivity contribution in [3.05, 3.63) is 101 Å². The van der Waals surface area contributed by atoms with Crippen molar-refractivity contribution >= 4 is 29.6 Å². The van der Waals surface area contributed by atoms with Crippen LogP contribution in [-0.4, -0.2) is 31.2 Å². The van der Waals surface area contributed by atoms with E-state index in [0.29, 0.717) is 22.9 Å². The van der Waals surface area contributed by atoms with Crippen molar-refractivity contribution in [2.45, 2.75) is 6.42 Å². The molecule has 0 saturated heterocycles. The number of carbonyl (C=O) groups is 2. The number of nitrogens with zero attached hydrogens (tertiary/aromatic N) is 1. The molecule has 0 fully saturated rings. The molecular formula is C24H22ClN3O3. The highest BCUT2D eigenvalue weighted by molar-refractivity contribution is 6.30. The highest BCUT2D eigenvalue weighted by Gasteiger charge is 2.04. The fourth-order valence-electron chi connectivity index (χ4n) is 2.67. The Balaban J connectivity index is 1.38. The molecular weight excluding hydrogens is 414 g/mol. The molecule has 0 radical (unpaired) electrons. The van der Waals surface area contributed by atoms with Crippen LogP contribution in [0.2, 0.25) is 5.02 Å². The highest BCUT2D eigenvalue weighted by Crippen LogP contribution is 2.11. The average molecular weight is 436 g/mol. The van der Waals surface area contributed by atoms with E-state index in [4.69, 9.17) is 16.3 Å². The molecule has 2 N–H and O–H groups in total. The van der Waals surface area contributed by atoms with Crippen molar-refractivity contribution in [1.82, 2.24) is 10.7 Å². The van der Waals surface area contributed by atoms with E-state index >= 15 is 0 Å². The molecule has 3 rings (SSSR count). The second-order valence-corrected chi connectivity index (χ2v) is 7.09. The number of carbonyl (C=O) groups excluding carboxylic acids is 2. The molecule has 158 valence electrons. The summed E-state index contributed by atoms with van der Waals surface area (Å²) in [5.41, 5.74) is 4.87. The molecule has 6 nitrogen and oxygen atoms in total. The smallest absolute Gasteiger partial charge is 0.271 e. The lowest BCUT2D eigenvalue weighted by molar-refractivity contribution is -0.123. The van der Waals surface area contributed by atoms with Crippen LogP contribution in [0.15, 0.2) is 84.0 Å². The number of benzene rings is 3. The molecule has 0 aliphatic rings. The third kappa shape index (κ3) is 7.60. The van der Waals surface area contributed by atoms with E-state index in [1.165, 1.54) is 11.8 Å². The van der Waals surface area contributed by atoms with Gasteiger partial charge in [0.15, 0.2) is 6.61 Å². The van der Waals surface area contributed by atoms with Crippen molar-refractivity contribution in [1.29, 1.82) is 0 Å². The number of rotatable bonds is 9. The average Bonchev–Trinajstić information content (AvgIpc) is 2.79. The van der Waals surface area contributed by atoms with Crippen LogP contribution >= 0.6 is 11.6 Å². The van der Waals surface area contributed by atoms with Gasteiger partial charge in [-0.05, 0) is 66.1 Å². The number of amides is 2. The van der Waals surface area contributed by atoms with Gasteiger partial charge in [0.05, 0.1) is 6.21 Å². The van der Waals surface area contributed by atoms with Crippen LogP contribution in [-0.2, 0) is 11.2 Å². The first-order valence-corrected chi connectivity index (χ1v) is 10.1. The van der Waals surface area contributed by atoms with E-state index in [0.717, 1.165) is 12.0 Å². The van der Waals surface area contributed by atoms with Crippen molar-refractivity contribution < 1.29 is 14.3 Å². The third-order valence-corrected chi connectivity index (χ3v) is 4.57. The summed E-state index contributed by atoms with van der Waals surface area (Å²) < 4.78 is 5.50. The van der Waals surface area contributed by atoms with E-state index < -0.39 is 0 Å². The van der Waals surface area contributed by atoms with Crippen LogP contribution in [0.3, 0.4) is 0 Å². The molecule has 0 aliphatic heterocycles. The minimum atomic E-state index is -0.328. The van der Waals surface area contributed by atoms with Crippen LogP contribution < -0.4 is 15.5 Å². The molecule has 0 bridgehead atoms. The van der Waals surface area contributed by atoms with Crippen LogP contribution in [0.4, 0.5) is 0 Å².